The summed E-state index contributed by atoms with van der Waals surface area (Å²) in [6.45, 7) is 1.39. The van der Waals surface area contributed by atoms with Crippen LogP contribution in [0, 0.1) is 10.1 Å². The Labute approximate surface area is 166 Å². The minimum Gasteiger partial charge on any atom is -0.497 e. The van der Waals surface area contributed by atoms with Crippen molar-refractivity contribution >= 4 is 23.3 Å². The van der Waals surface area contributed by atoms with Gasteiger partial charge in [-0.3, -0.25) is 14.9 Å². The van der Waals surface area contributed by atoms with Gasteiger partial charge in [-0.1, -0.05) is 0 Å². The molecule has 10 nitrogen and oxygen atoms in total. The fourth-order valence-electron chi connectivity index (χ4n) is 2.34. The predicted molar refractivity (Wildman–Crippen MR) is 103 cm³/mol. The Hall–Kier alpha value is -3.82. The molecule has 0 unspecified atom stereocenters. The van der Waals surface area contributed by atoms with Crippen molar-refractivity contribution in [3.8, 4) is 17.2 Å². The Bertz CT molecular complexity index is 906. The van der Waals surface area contributed by atoms with Crippen molar-refractivity contribution in [1.29, 1.82) is 0 Å². The van der Waals surface area contributed by atoms with Crippen LogP contribution in [-0.4, -0.2) is 44.2 Å². The van der Waals surface area contributed by atoms with Gasteiger partial charge >= 0.3 is 5.97 Å². The summed E-state index contributed by atoms with van der Waals surface area (Å²) in [5.74, 6) is -0.502. The molecule has 0 radical (unpaired) electrons. The van der Waals surface area contributed by atoms with E-state index >= 15 is 0 Å². The maximum absolute atomic E-state index is 12.4. The van der Waals surface area contributed by atoms with Crippen LogP contribution in [-0.2, 0) is 9.53 Å². The minimum atomic E-state index is -1.15. The van der Waals surface area contributed by atoms with Crippen molar-refractivity contribution in [2.45, 2.75) is 13.0 Å². The Balaban J connectivity index is 2.11. The molecule has 0 aliphatic heterocycles. The van der Waals surface area contributed by atoms with Crippen LogP contribution in [0.3, 0.4) is 0 Å². The number of carbonyl (C=O) groups is 2. The van der Waals surface area contributed by atoms with Gasteiger partial charge in [0, 0.05) is 12.1 Å². The van der Waals surface area contributed by atoms with E-state index in [1.807, 2.05) is 0 Å². The molecule has 0 bridgehead atoms. The maximum Gasteiger partial charge on any atom is 0.339 e. The van der Waals surface area contributed by atoms with E-state index in [-0.39, 0.29) is 22.7 Å². The van der Waals surface area contributed by atoms with Crippen LogP contribution in [0.1, 0.15) is 17.3 Å². The molecule has 0 spiro atoms. The van der Waals surface area contributed by atoms with Crippen LogP contribution in [0.4, 0.5) is 11.4 Å². The largest absolute Gasteiger partial charge is 0.497 e. The van der Waals surface area contributed by atoms with E-state index < -0.39 is 22.9 Å². The van der Waals surface area contributed by atoms with Gasteiger partial charge in [-0.15, -0.1) is 0 Å². The predicted octanol–water partition coefficient (Wildman–Crippen LogP) is 2.80. The molecule has 0 saturated carbocycles. The molecule has 154 valence electrons. The molecule has 0 fully saturated rings. The van der Waals surface area contributed by atoms with Gasteiger partial charge in [-0.25, -0.2) is 4.79 Å². The number of nitrogens with one attached hydrogen (secondary N) is 1. The van der Waals surface area contributed by atoms with Crippen molar-refractivity contribution in [2.24, 2.45) is 0 Å². The van der Waals surface area contributed by atoms with Crippen molar-refractivity contribution in [3.05, 3.63) is 52.1 Å². The molecular formula is C19H20N2O8. The third-order valence-electron chi connectivity index (χ3n) is 3.89. The van der Waals surface area contributed by atoms with Crippen LogP contribution in [0.2, 0.25) is 0 Å². The van der Waals surface area contributed by atoms with E-state index in [4.69, 9.17) is 18.9 Å². The van der Waals surface area contributed by atoms with E-state index in [1.165, 1.54) is 58.6 Å². The number of amides is 1. The first-order valence-corrected chi connectivity index (χ1v) is 8.36. The van der Waals surface area contributed by atoms with Gasteiger partial charge in [0.1, 0.15) is 17.2 Å². The number of methoxy groups -OCH3 is 3. The summed E-state index contributed by atoms with van der Waals surface area (Å²) in [6, 6.07) is 8.22. The second-order valence-electron chi connectivity index (χ2n) is 5.78. The number of hydrogen-bond donors (Lipinski definition) is 1. The van der Waals surface area contributed by atoms with Crippen molar-refractivity contribution in [2.75, 3.05) is 26.6 Å². The van der Waals surface area contributed by atoms with Gasteiger partial charge in [0.05, 0.1) is 43.6 Å². The van der Waals surface area contributed by atoms with Crippen LogP contribution < -0.4 is 19.5 Å². The Morgan fingerprint density at radius 1 is 1.00 bits per heavy atom. The van der Waals surface area contributed by atoms with Gasteiger partial charge in [0.25, 0.3) is 11.6 Å². The molecular weight excluding hydrogens is 384 g/mol. The zero-order valence-electron chi connectivity index (χ0n) is 16.3. The summed E-state index contributed by atoms with van der Waals surface area (Å²) < 4.78 is 20.5. The summed E-state index contributed by atoms with van der Waals surface area (Å²) in [7, 11) is 4.20. The van der Waals surface area contributed by atoms with Crippen LogP contribution >= 0.6 is 0 Å². The number of anilines is 1. The van der Waals surface area contributed by atoms with Crippen molar-refractivity contribution in [3.63, 3.8) is 0 Å². The molecule has 1 amide bonds. The van der Waals surface area contributed by atoms with E-state index in [1.54, 1.807) is 6.07 Å². The highest BCUT2D eigenvalue weighted by atomic mass is 16.6. The smallest absolute Gasteiger partial charge is 0.339 e. The van der Waals surface area contributed by atoms with Crippen LogP contribution in [0.25, 0.3) is 0 Å². The first-order valence-electron chi connectivity index (χ1n) is 8.36. The Morgan fingerprint density at radius 2 is 1.62 bits per heavy atom. The third-order valence-corrected chi connectivity index (χ3v) is 3.89. The number of nitrogens with zero attached hydrogens (tertiary/aromatic N) is 1. The number of nitro benzene ring substituents is 1. The lowest BCUT2D eigenvalue weighted by atomic mass is 10.2. The molecule has 2 aromatic rings. The number of rotatable bonds is 8. The highest BCUT2D eigenvalue weighted by molar-refractivity contribution is 5.98. The molecule has 2 aromatic carbocycles. The second-order valence-corrected chi connectivity index (χ2v) is 5.78. The first-order chi connectivity index (χ1) is 13.8. The molecule has 1 atom stereocenters. The first kappa shape index (κ1) is 21.5. The quantitative estimate of drug-likeness (QED) is 0.404. The van der Waals surface area contributed by atoms with E-state index in [2.05, 4.69) is 5.32 Å². The van der Waals surface area contributed by atoms with Gasteiger partial charge in [0.2, 0.25) is 0 Å². The Morgan fingerprint density at radius 3 is 2.14 bits per heavy atom. The molecule has 0 aliphatic rings. The van der Waals surface area contributed by atoms with Gasteiger partial charge in [-0.05, 0) is 25.1 Å². The highest BCUT2D eigenvalue weighted by Gasteiger charge is 2.22. The number of non-ortho nitro benzene ring substituents is 1. The molecule has 0 heterocycles. The molecule has 0 aromatic heterocycles. The highest BCUT2D eigenvalue weighted by Crippen LogP contribution is 2.29. The monoisotopic (exact) mass is 404 g/mol. The van der Waals surface area contributed by atoms with Gasteiger partial charge in [0.15, 0.2) is 6.10 Å². The van der Waals surface area contributed by atoms with Crippen LogP contribution in [0.15, 0.2) is 36.4 Å². The molecule has 10 heteroatoms. The minimum absolute atomic E-state index is 0.101. The summed E-state index contributed by atoms with van der Waals surface area (Å²) in [5.41, 5.74) is 0.161. The number of esters is 1. The standard InChI is InChI=1S/C19H20N2O8/c1-11(29-19(23)12-7-14(26-2)10-15(8-12)27-3)18(22)20-16-6-5-13(21(24)25)9-17(16)28-4/h5-11H,1-4H3,(H,20,22)/t11-/m1/s1. The summed E-state index contributed by atoms with van der Waals surface area (Å²) in [5, 5.41) is 13.4. The topological polar surface area (TPSA) is 126 Å². The zero-order valence-corrected chi connectivity index (χ0v) is 16.3. The van der Waals surface area contributed by atoms with E-state index in [0.29, 0.717) is 11.5 Å². The summed E-state index contributed by atoms with van der Waals surface area (Å²) >= 11 is 0. The molecule has 1 N–H and O–H groups in total. The van der Waals surface area contributed by atoms with Crippen LogP contribution in [0.5, 0.6) is 17.2 Å². The average Bonchev–Trinajstić information content (AvgIpc) is 2.73. The lowest BCUT2D eigenvalue weighted by Gasteiger charge is -2.15. The number of benzene rings is 2. The molecule has 29 heavy (non-hydrogen) atoms. The fourth-order valence-corrected chi connectivity index (χ4v) is 2.34. The van der Waals surface area contributed by atoms with E-state index in [0.717, 1.165) is 0 Å². The molecule has 2 rings (SSSR count). The Kier molecular flexibility index (Phi) is 6.96. The van der Waals surface area contributed by atoms with Gasteiger partial charge in [-0.2, -0.15) is 0 Å². The number of carbonyl (C=O) groups excluding carboxylic acids is 2. The maximum atomic E-state index is 12.4. The fraction of sp³-hybridized carbons (Fsp3) is 0.263. The summed E-state index contributed by atoms with van der Waals surface area (Å²) in [6.07, 6.45) is -1.15. The lowest BCUT2D eigenvalue weighted by Crippen LogP contribution is -2.30. The molecule has 0 saturated heterocycles. The summed E-state index contributed by atoms with van der Waals surface area (Å²) in [4.78, 5) is 35.0. The van der Waals surface area contributed by atoms with Crippen molar-refractivity contribution in [1.82, 2.24) is 0 Å². The average molecular weight is 404 g/mol. The SMILES string of the molecule is COc1cc(OC)cc(C(=O)O[C@H](C)C(=O)Nc2ccc([N+](=O)[O-])cc2OC)c1. The molecule has 0 aliphatic carbocycles. The van der Waals surface area contributed by atoms with E-state index in [9.17, 15) is 19.7 Å². The normalized spacial score (nSPS) is 11.2. The van der Waals surface area contributed by atoms with Gasteiger partial charge < -0.3 is 24.3 Å². The number of hydrogen-bond acceptors (Lipinski definition) is 8. The second kappa shape index (κ2) is 9.40. The van der Waals surface area contributed by atoms with Crippen molar-refractivity contribution < 1.29 is 33.5 Å². The lowest BCUT2D eigenvalue weighted by molar-refractivity contribution is -0.384. The number of ether oxygens (including phenoxy) is 4. The third kappa shape index (κ3) is 5.34. The number of nitro groups is 1. The zero-order chi connectivity index (χ0) is 21.6.